The number of esters is 2. The number of amides is 1. The molecule has 28 heavy (non-hydrogen) atoms. The van der Waals surface area contributed by atoms with Crippen LogP contribution in [0.15, 0.2) is 36.4 Å². The van der Waals surface area contributed by atoms with Crippen molar-refractivity contribution in [2.24, 2.45) is 0 Å². The lowest BCUT2D eigenvalue weighted by atomic mass is 10.1. The summed E-state index contributed by atoms with van der Waals surface area (Å²) < 4.78 is 15.0. The Kier molecular flexibility index (Phi) is 7.14. The van der Waals surface area contributed by atoms with E-state index in [1.165, 1.54) is 32.4 Å². The molecular weight excluding hydrogens is 362 g/mol. The van der Waals surface area contributed by atoms with Crippen LogP contribution in [0.2, 0.25) is 0 Å². The minimum Gasteiger partial charge on any atom is -0.493 e. The molecular formula is C21H23NO6. The molecule has 7 heteroatoms. The number of methoxy groups -OCH3 is 2. The third-order valence-corrected chi connectivity index (χ3v) is 3.99. The Morgan fingerprint density at radius 1 is 0.893 bits per heavy atom. The quantitative estimate of drug-likeness (QED) is 0.736. The van der Waals surface area contributed by atoms with Crippen molar-refractivity contribution in [3.8, 4) is 5.75 Å². The number of hydrogen-bond acceptors (Lipinski definition) is 6. The van der Waals surface area contributed by atoms with E-state index in [-0.39, 0.29) is 30.1 Å². The van der Waals surface area contributed by atoms with E-state index in [1.807, 2.05) is 32.0 Å². The third kappa shape index (κ3) is 5.57. The van der Waals surface area contributed by atoms with Crippen LogP contribution >= 0.6 is 0 Å². The molecule has 1 N–H and O–H groups in total. The molecule has 2 aromatic carbocycles. The highest BCUT2D eigenvalue weighted by atomic mass is 16.5. The van der Waals surface area contributed by atoms with Gasteiger partial charge in [-0.2, -0.15) is 0 Å². The Bertz CT molecular complexity index is 856. The minimum atomic E-state index is -0.625. The maximum absolute atomic E-state index is 12.2. The highest BCUT2D eigenvalue weighted by Crippen LogP contribution is 2.20. The molecule has 0 aliphatic rings. The van der Waals surface area contributed by atoms with Gasteiger partial charge in [0.2, 0.25) is 5.91 Å². The standard InChI is InChI=1S/C21H23NO6/c1-13-5-6-14(2)18(9-13)28-8-7-19(23)22-17-11-15(20(24)26-3)10-16(12-17)21(25)27-4/h5-6,9-12H,7-8H2,1-4H3,(H,22,23). The lowest BCUT2D eigenvalue weighted by molar-refractivity contribution is -0.116. The second kappa shape index (κ2) is 9.55. The smallest absolute Gasteiger partial charge is 0.337 e. The van der Waals surface area contributed by atoms with Crippen LogP contribution in [0.4, 0.5) is 5.69 Å². The fourth-order valence-electron chi connectivity index (χ4n) is 2.51. The number of nitrogens with one attached hydrogen (secondary N) is 1. The number of rotatable bonds is 7. The zero-order chi connectivity index (χ0) is 20.7. The summed E-state index contributed by atoms with van der Waals surface area (Å²) >= 11 is 0. The Morgan fingerprint density at radius 2 is 1.50 bits per heavy atom. The van der Waals surface area contributed by atoms with Crippen molar-refractivity contribution in [1.29, 1.82) is 0 Å². The second-order valence-electron chi connectivity index (χ2n) is 6.20. The molecule has 1 amide bonds. The molecule has 0 radical (unpaired) electrons. The van der Waals surface area contributed by atoms with Gasteiger partial charge < -0.3 is 19.5 Å². The van der Waals surface area contributed by atoms with E-state index in [0.29, 0.717) is 5.69 Å². The van der Waals surface area contributed by atoms with E-state index < -0.39 is 11.9 Å². The number of carbonyl (C=O) groups excluding carboxylic acids is 3. The Labute approximate surface area is 163 Å². The molecule has 0 spiro atoms. The highest BCUT2D eigenvalue weighted by Gasteiger charge is 2.15. The van der Waals surface area contributed by atoms with Gasteiger partial charge >= 0.3 is 11.9 Å². The molecule has 0 unspecified atom stereocenters. The number of aryl methyl sites for hydroxylation is 2. The summed E-state index contributed by atoms with van der Waals surface area (Å²) in [5.74, 6) is -0.837. The SMILES string of the molecule is COC(=O)c1cc(NC(=O)CCOc2cc(C)ccc2C)cc(C(=O)OC)c1. The van der Waals surface area contributed by atoms with Crippen LogP contribution in [0.25, 0.3) is 0 Å². The Morgan fingerprint density at radius 3 is 2.07 bits per heavy atom. The summed E-state index contributed by atoms with van der Waals surface area (Å²) in [6, 6.07) is 10.1. The van der Waals surface area contributed by atoms with Crippen LogP contribution in [0.1, 0.15) is 38.3 Å². The van der Waals surface area contributed by atoms with Gasteiger partial charge in [0, 0.05) is 5.69 Å². The largest absolute Gasteiger partial charge is 0.493 e. The van der Waals surface area contributed by atoms with E-state index in [0.717, 1.165) is 16.9 Å². The highest BCUT2D eigenvalue weighted by molar-refractivity contribution is 5.99. The van der Waals surface area contributed by atoms with Crippen molar-refractivity contribution in [3.05, 3.63) is 58.7 Å². The molecule has 0 fully saturated rings. The minimum absolute atomic E-state index is 0.101. The van der Waals surface area contributed by atoms with Crippen molar-refractivity contribution < 1.29 is 28.6 Å². The van der Waals surface area contributed by atoms with Gasteiger partial charge in [0.05, 0.1) is 38.4 Å². The number of benzene rings is 2. The summed E-state index contributed by atoms with van der Waals surface area (Å²) in [5, 5.41) is 2.66. The van der Waals surface area contributed by atoms with E-state index in [4.69, 9.17) is 4.74 Å². The zero-order valence-corrected chi connectivity index (χ0v) is 16.3. The predicted octanol–water partition coefficient (Wildman–Crippen LogP) is 3.28. The molecule has 2 rings (SSSR count). The number of hydrogen-bond donors (Lipinski definition) is 1. The van der Waals surface area contributed by atoms with Gasteiger partial charge in [0.1, 0.15) is 5.75 Å². The summed E-state index contributed by atoms with van der Waals surface area (Å²) in [6.45, 7) is 4.09. The summed E-state index contributed by atoms with van der Waals surface area (Å²) in [6.07, 6.45) is 0.101. The molecule has 0 aliphatic carbocycles. The van der Waals surface area contributed by atoms with E-state index in [2.05, 4.69) is 14.8 Å². The molecule has 0 bridgehead atoms. The second-order valence-corrected chi connectivity index (χ2v) is 6.20. The molecule has 0 saturated carbocycles. The molecule has 2 aromatic rings. The molecule has 0 saturated heterocycles. The predicted molar refractivity (Wildman–Crippen MR) is 104 cm³/mol. The first-order valence-electron chi connectivity index (χ1n) is 8.65. The topological polar surface area (TPSA) is 90.9 Å². The normalized spacial score (nSPS) is 10.1. The Balaban J connectivity index is 2.04. The van der Waals surface area contributed by atoms with Crippen molar-refractivity contribution >= 4 is 23.5 Å². The summed E-state index contributed by atoms with van der Waals surface area (Å²) in [7, 11) is 2.46. The fourth-order valence-corrected chi connectivity index (χ4v) is 2.51. The first-order valence-corrected chi connectivity index (χ1v) is 8.65. The van der Waals surface area contributed by atoms with Crippen molar-refractivity contribution in [2.45, 2.75) is 20.3 Å². The van der Waals surface area contributed by atoms with E-state index >= 15 is 0 Å². The number of anilines is 1. The summed E-state index contributed by atoms with van der Waals surface area (Å²) in [4.78, 5) is 35.8. The summed E-state index contributed by atoms with van der Waals surface area (Å²) in [5.41, 5.74) is 2.61. The lowest BCUT2D eigenvalue weighted by Crippen LogP contribution is -2.16. The first kappa shape index (κ1) is 21.0. The van der Waals surface area contributed by atoms with Gasteiger partial charge in [-0.3, -0.25) is 4.79 Å². The number of carbonyl (C=O) groups is 3. The number of ether oxygens (including phenoxy) is 3. The molecule has 0 heterocycles. The van der Waals surface area contributed by atoms with Crippen LogP contribution in [0.3, 0.4) is 0 Å². The van der Waals surface area contributed by atoms with E-state index in [9.17, 15) is 14.4 Å². The van der Waals surface area contributed by atoms with Gasteiger partial charge in [-0.05, 0) is 49.2 Å². The van der Waals surface area contributed by atoms with Crippen LogP contribution in [-0.4, -0.2) is 38.7 Å². The van der Waals surface area contributed by atoms with Gasteiger partial charge in [0.25, 0.3) is 0 Å². The van der Waals surface area contributed by atoms with Gasteiger partial charge in [-0.1, -0.05) is 12.1 Å². The van der Waals surface area contributed by atoms with Crippen LogP contribution < -0.4 is 10.1 Å². The Hall–Kier alpha value is -3.35. The maximum atomic E-state index is 12.2. The molecule has 0 aliphatic heterocycles. The third-order valence-electron chi connectivity index (χ3n) is 3.99. The van der Waals surface area contributed by atoms with Gasteiger partial charge in [-0.25, -0.2) is 9.59 Å². The molecule has 7 nitrogen and oxygen atoms in total. The first-order chi connectivity index (χ1) is 13.3. The average molecular weight is 385 g/mol. The van der Waals surface area contributed by atoms with Gasteiger partial charge in [0.15, 0.2) is 0 Å². The van der Waals surface area contributed by atoms with Crippen molar-refractivity contribution in [1.82, 2.24) is 0 Å². The van der Waals surface area contributed by atoms with Gasteiger partial charge in [-0.15, -0.1) is 0 Å². The molecule has 0 atom stereocenters. The maximum Gasteiger partial charge on any atom is 0.337 e. The van der Waals surface area contributed by atoms with E-state index in [1.54, 1.807) is 0 Å². The van der Waals surface area contributed by atoms with Crippen molar-refractivity contribution in [2.75, 3.05) is 26.1 Å². The molecule has 148 valence electrons. The van der Waals surface area contributed by atoms with Crippen LogP contribution in [0, 0.1) is 13.8 Å². The van der Waals surface area contributed by atoms with Crippen LogP contribution in [-0.2, 0) is 14.3 Å². The van der Waals surface area contributed by atoms with Crippen LogP contribution in [0.5, 0.6) is 5.75 Å². The monoisotopic (exact) mass is 385 g/mol. The lowest BCUT2D eigenvalue weighted by Gasteiger charge is -2.11. The van der Waals surface area contributed by atoms with Crippen molar-refractivity contribution in [3.63, 3.8) is 0 Å². The fraction of sp³-hybridized carbons (Fsp3) is 0.286. The zero-order valence-electron chi connectivity index (χ0n) is 16.3. The molecule has 0 aromatic heterocycles. The average Bonchev–Trinajstić information content (AvgIpc) is 2.68.